The zero-order valence-corrected chi connectivity index (χ0v) is 28.8. The summed E-state index contributed by atoms with van der Waals surface area (Å²) in [5, 5.41) is 0.760. The van der Waals surface area contributed by atoms with Gasteiger partial charge in [0.05, 0.1) is 31.1 Å². The number of benzene rings is 2. The number of hydrogen-bond acceptors (Lipinski definition) is 6. The number of allylic oxidation sites excluding steroid dienone is 2. The number of carbonyl (C=O) groups is 2. The van der Waals surface area contributed by atoms with Crippen LogP contribution in [0.1, 0.15) is 91.3 Å². The number of nitrogens with zero attached hydrogens (tertiary/aromatic N) is 2. The van der Waals surface area contributed by atoms with Gasteiger partial charge in [0.1, 0.15) is 11.9 Å². The molecule has 4 rings (SSSR count). The molecule has 0 unspecified atom stereocenters. The van der Waals surface area contributed by atoms with E-state index in [9.17, 15) is 9.59 Å². The Labute approximate surface area is 284 Å². The van der Waals surface area contributed by atoms with E-state index in [2.05, 4.69) is 41.5 Å². The molecule has 8 nitrogen and oxygen atoms in total. The van der Waals surface area contributed by atoms with Crippen molar-refractivity contribution in [2.75, 3.05) is 31.2 Å². The largest absolute Gasteiger partial charge is 0.491 e. The summed E-state index contributed by atoms with van der Waals surface area (Å²) < 4.78 is 19.5. The highest BCUT2D eigenvalue weighted by Gasteiger charge is 2.21. The molecule has 0 spiro atoms. The lowest BCUT2D eigenvalue weighted by Crippen LogP contribution is -2.25. The summed E-state index contributed by atoms with van der Waals surface area (Å²) in [5.74, 6) is 0.255. The summed E-state index contributed by atoms with van der Waals surface area (Å²) in [6, 6.07) is 15.3. The van der Waals surface area contributed by atoms with Gasteiger partial charge in [0, 0.05) is 42.1 Å². The van der Waals surface area contributed by atoms with Crippen LogP contribution in [-0.4, -0.2) is 48.9 Å². The van der Waals surface area contributed by atoms with Crippen LogP contribution in [-0.2, 0) is 29.0 Å². The summed E-state index contributed by atoms with van der Waals surface area (Å²) in [4.78, 5) is 26.9. The van der Waals surface area contributed by atoms with Crippen LogP contribution in [0.25, 0.3) is 0 Å². The second kappa shape index (κ2) is 18.6. The van der Waals surface area contributed by atoms with Crippen molar-refractivity contribution in [3.8, 4) is 5.75 Å². The number of ether oxygens (including phenoxy) is 3. The summed E-state index contributed by atoms with van der Waals surface area (Å²) >= 11 is 6.11. The van der Waals surface area contributed by atoms with Gasteiger partial charge in [0.2, 0.25) is 5.91 Å². The average molecular weight is 664 g/mol. The number of anilines is 1. The van der Waals surface area contributed by atoms with E-state index in [1.54, 1.807) is 6.07 Å². The maximum absolute atomic E-state index is 12.7. The number of primary amides is 1. The predicted molar refractivity (Wildman–Crippen MR) is 188 cm³/mol. The molecule has 1 aromatic heterocycles. The maximum atomic E-state index is 12.7. The molecule has 1 amide bonds. The van der Waals surface area contributed by atoms with E-state index < -0.39 is 5.91 Å². The quantitative estimate of drug-likeness (QED) is 0.0793. The van der Waals surface area contributed by atoms with Gasteiger partial charge in [-0.2, -0.15) is 0 Å². The summed E-state index contributed by atoms with van der Waals surface area (Å²) in [5.41, 5.74) is 9.82. The van der Waals surface area contributed by atoms with E-state index in [0.29, 0.717) is 30.9 Å². The fourth-order valence-corrected chi connectivity index (χ4v) is 5.88. The molecule has 0 saturated carbocycles. The molecule has 1 aliphatic heterocycles. The van der Waals surface area contributed by atoms with E-state index in [0.717, 1.165) is 86.7 Å². The first-order valence-corrected chi connectivity index (χ1v) is 17.3. The van der Waals surface area contributed by atoms with Crippen LogP contribution in [0.2, 0.25) is 5.02 Å². The molecule has 0 aliphatic carbocycles. The molecule has 2 heterocycles. The summed E-state index contributed by atoms with van der Waals surface area (Å²) in [6.07, 6.45) is 12.8. The lowest BCUT2D eigenvalue weighted by Gasteiger charge is -2.26. The highest BCUT2D eigenvalue weighted by Crippen LogP contribution is 2.30. The van der Waals surface area contributed by atoms with Crippen LogP contribution < -0.4 is 15.4 Å². The molecular formula is C38H50ClN3O5. The molecule has 2 N–H and O–H groups in total. The van der Waals surface area contributed by atoms with Crippen molar-refractivity contribution in [1.82, 2.24) is 4.57 Å². The first-order valence-electron chi connectivity index (χ1n) is 16.9. The van der Waals surface area contributed by atoms with E-state index in [1.807, 2.05) is 49.5 Å². The Morgan fingerprint density at radius 1 is 1.06 bits per heavy atom. The van der Waals surface area contributed by atoms with Gasteiger partial charge in [-0.3, -0.25) is 4.79 Å². The lowest BCUT2D eigenvalue weighted by atomic mass is 10.0. The normalized spacial score (nSPS) is 14.0. The Balaban J connectivity index is 1.18. The molecule has 0 saturated heterocycles. The number of aryl methyl sites for hydroxylation is 1. The Hall–Kier alpha value is -3.75. The zero-order valence-electron chi connectivity index (χ0n) is 28.1. The highest BCUT2D eigenvalue weighted by atomic mass is 35.5. The first kappa shape index (κ1) is 36.1. The number of fused-ring (bicyclic) bond motifs is 1. The Bertz CT molecular complexity index is 1460. The average Bonchev–Trinajstić information content (AvgIpc) is 3.51. The standard InChI is InChI=1S/C38H50ClN3O5/c1-4-41(35-25-31(37(40)43)17-18-36(35)46-21-11-9-14-30-15-12-16-33(39)23-30)19-10-7-5-6-8-13-28(2)29(3)47-38(44)32-24-34-27-45-22-20-42(34)26-32/h6,8,12,15-18,23-26,28-29H,4-5,7,9-11,13-14,19-22,27H2,1-3H3,(H2,40,43)/b8-6+/t28-,29+/m0/s1. The lowest BCUT2D eigenvalue weighted by molar-refractivity contribution is 0.0220. The molecule has 3 aromatic rings. The number of halogens is 1. The molecule has 254 valence electrons. The van der Waals surface area contributed by atoms with Gasteiger partial charge in [0.15, 0.2) is 0 Å². The van der Waals surface area contributed by atoms with Crippen molar-refractivity contribution in [3.05, 3.63) is 94.3 Å². The number of aromatic nitrogens is 1. The SMILES string of the molecule is CCN(CCCC/C=C/C[C@H](C)[C@@H](C)OC(=O)c1cc2n(c1)CCOC2)c1cc(C(N)=O)ccc1OCCCCc1cccc(Cl)c1. The molecule has 2 aromatic carbocycles. The van der Waals surface area contributed by atoms with Crippen LogP contribution in [0.3, 0.4) is 0 Å². The zero-order chi connectivity index (χ0) is 33.6. The van der Waals surface area contributed by atoms with Crippen LogP contribution >= 0.6 is 11.6 Å². The summed E-state index contributed by atoms with van der Waals surface area (Å²) in [7, 11) is 0. The van der Waals surface area contributed by atoms with Crippen molar-refractivity contribution in [3.63, 3.8) is 0 Å². The van der Waals surface area contributed by atoms with Gasteiger partial charge in [-0.25, -0.2) is 4.79 Å². The molecule has 47 heavy (non-hydrogen) atoms. The number of nitrogens with two attached hydrogens (primary N) is 1. The summed E-state index contributed by atoms with van der Waals surface area (Å²) in [6.45, 7) is 10.4. The van der Waals surface area contributed by atoms with E-state index in [-0.39, 0.29) is 18.0 Å². The van der Waals surface area contributed by atoms with Gasteiger partial charge in [-0.15, -0.1) is 0 Å². The number of rotatable bonds is 19. The Morgan fingerprint density at radius 3 is 2.68 bits per heavy atom. The number of carbonyl (C=O) groups excluding carboxylic acids is 2. The fourth-order valence-electron chi connectivity index (χ4n) is 5.67. The van der Waals surface area contributed by atoms with Gasteiger partial charge >= 0.3 is 5.97 Å². The minimum atomic E-state index is -0.447. The van der Waals surface area contributed by atoms with E-state index in [4.69, 9.17) is 31.5 Å². The third-order valence-corrected chi connectivity index (χ3v) is 8.97. The van der Waals surface area contributed by atoms with Crippen LogP contribution in [0.4, 0.5) is 5.69 Å². The smallest absolute Gasteiger partial charge is 0.339 e. The van der Waals surface area contributed by atoms with Crippen LogP contribution in [0.15, 0.2) is 66.9 Å². The second-order valence-corrected chi connectivity index (χ2v) is 12.8. The first-order chi connectivity index (χ1) is 22.7. The number of hydrogen-bond donors (Lipinski definition) is 1. The monoisotopic (exact) mass is 663 g/mol. The maximum Gasteiger partial charge on any atom is 0.339 e. The highest BCUT2D eigenvalue weighted by molar-refractivity contribution is 6.30. The molecule has 2 atom stereocenters. The minimum absolute atomic E-state index is 0.186. The van der Waals surface area contributed by atoms with Gasteiger partial charge in [-0.1, -0.05) is 42.8 Å². The fraction of sp³-hybridized carbons (Fsp3) is 0.474. The third kappa shape index (κ3) is 11.2. The van der Waals surface area contributed by atoms with Gasteiger partial charge in [0.25, 0.3) is 0 Å². The van der Waals surface area contributed by atoms with Crippen molar-refractivity contribution in [1.29, 1.82) is 0 Å². The second-order valence-electron chi connectivity index (χ2n) is 12.3. The van der Waals surface area contributed by atoms with Crippen molar-refractivity contribution in [2.24, 2.45) is 11.7 Å². The predicted octanol–water partition coefficient (Wildman–Crippen LogP) is 8.00. The molecular weight excluding hydrogens is 614 g/mol. The Morgan fingerprint density at radius 2 is 1.91 bits per heavy atom. The van der Waals surface area contributed by atoms with Crippen molar-refractivity contribution >= 4 is 29.2 Å². The third-order valence-electron chi connectivity index (χ3n) is 8.74. The number of unbranched alkanes of at least 4 members (excludes halogenated alkanes) is 3. The van der Waals surface area contributed by atoms with Gasteiger partial charge < -0.3 is 29.4 Å². The molecule has 0 fully saturated rings. The van der Waals surface area contributed by atoms with Crippen LogP contribution in [0.5, 0.6) is 5.75 Å². The van der Waals surface area contributed by atoms with Gasteiger partial charge in [-0.05, 0) is 107 Å². The molecule has 1 aliphatic rings. The molecule has 0 bridgehead atoms. The minimum Gasteiger partial charge on any atom is -0.491 e. The number of amides is 1. The van der Waals surface area contributed by atoms with Crippen molar-refractivity contribution in [2.45, 2.75) is 85.0 Å². The Kier molecular flexibility index (Phi) is 14.2. The topological polar surface area (TPSA) is 96.0 Å². The molecule has 0 radical (unpaired) electrons. The van der Waals surface area contributed by atoms with E-state index >= 15 is 0 Å². The van der Waals surface area contributed by atoms with E-state index in [1.165, 1.54) is 5.56 Å². The number of esters is 1. The van der Waals surface area contributed by atoms with Crippen LogP contribution in [0, 0.1) is 5.92 Å². The van der Waals surface area contributed by atoms with Crippen molar-refractivity contribution < 1.29 is 23.8 Å². The molecule has 9 heteroatoms.